The molecule has 4 nitrogen and oxygen atoms in total. The van der Waals surface area contributed by atoms with Crippen LogP contribution in [0, 0.1) is 5.92 Å². The SMILES string of the molecule is CS(=O)(=O)N1CCCC(CC2(N)Cc3ccccc3C2)C1. The van der Waals surface area contributed by atoms with Gasteiger partial charge in [-0.15, -0.1) is 0 Å². The molecule has 1 aromatic rings. The third-order valence-electron chi connectivity index (χ3n) is 4.85. The monoisotopic (exact) mass is 308 g/mol. The van der Waals surface area contributed by atoms with E-state index in [0.717, 1.165) is 32.1 Å². The second-order valence-electron chi connectivity index (χ2n) is 6.82. The van der Waals surface area contributed by atoms with Gasteiger partial charge in [-0.25, -0.2) is 12.7 Å². The average Bonchev–Trinajstić information content (AvgIpc) is 2.73. The highest BCUT2D eigenvalue weighted by molar-refractivity contribution is 7.88. The maximum Gasteiger partial charge on any atom is 0.211 e. The third-order valence-corrected chi connectivity index (χ3v) is 6.12. The van der Waals surface area contributed by atoms with Gasteiger partial charge in [0.2, 0.25) is 10.0 Å². The molecule has 3 rings (SSSR count). The minimum atomic E-state index is -3.07. The van der Waals surface area contributed by atoms with Gasteiger partial charge in [0, 0.05) is 18.6 Å². The van der Waals surface area contributed by atoms with Gasteiger partial charge >= 0.3 is 0 Å². The van der Waals surface area contributed by atoms with Crippen LogP contribution in [0.4, 0.5) is 0 Å². The van der Waals surface area contributed by atoms with Crippen molar-refractivity contribution in [1.29, 1.82) is 0 Å². The zero-order valence-corrected chi connectivity index (χ0v) is 13.4. The summed E-state index contributed by atoms with van der Waals surface area (Å²) in [5.74, 6) is 0.382. The third kappa shape index (κ3) is 3.30. The Morgan fingerprint density at radius 1 is 1.29 bits per heavy atom. The maximum atomic E-state index is 11.7. The number of piperidine rings is 1. The number of nitrogens with two attached hydrogens (primary N) is 1. The Balaban J connectivity index is 1.67. The number of benzene rings is 1. The zero-order chi connectivity index (χ0) is 15.1. The lowest BCUT2D eigenvalue weighted by atomic mass is 9.82. The van der Waals surface area contributed by atoms with Crippen LogP contribution < -0.4 is 5.73 Å². The van der Waals surface area contributed by atoms with Crippen LogP contribution in [0.1, 0.15) is 30.4 Å². The van der Waals surface area contributed by atoms with Crippen molar-refractivity contribution in [1.82, 2.24) is 4.31 Å². The van der Waals surface area contributed by atoms with Gasteiger partial charge in [-0.2, -0.15) is 0 Å². The quantitative estimate of drug-likeness (QED) is 0.921. The number of sulfonamides is 1. The number of rotatable bonds is 3. The lowest BCUT2D eigenvalue weighted by molar-refractivity contribution is 0.217. The van der Waals surface area contributed by atoms with E-state index in [0.29, 0.717) is 19.0 Å². The fraction of sp³-hybridized carbons (Fsp3) is 0.625. The van der Waals surface area contributed by atoms with Crippen LogP contribution in [0.2, 0.25) is 0 Å². The summed E-state index contributed by atoms with van der Waals surface area (Å²) in [6.45, 7) is 1.29. The van der Waals surface area contributed by atoms with Gasteiger partial charge in [-0.1, -0.05) is 24.3 Å². The van der Waals surface area contributed by atoms with Crippen molar-refractivity contribution in [2.45, 2.75) is 37.6 Å². The van der Waals surface area contributed by atoms with E-state index < -0.39 is 10.0 Å². The van der Waals surface area contributed by atoms with Crippen molar-refractivity contribution < 1.29 is 8.42 Å². The number of hydrogen-bond donors (Lipinski definition) is 1. The molecule has 1 unspecified atom stereocenters. The number of fused-ring (bicyclic) bond motifs is 1. The summed E-state index contributed by atoms with van der Waals surface area (Å²) in [7, 11) is -3.07. The highest BCUT2D eigenvalue weighted by Gasteiger charge is 2.37. The van der Waals surface area contributed by atoms with Crippen LogP contribution in [0.25, 0.3) is 0 Å². The second-order valence-corrected chi connectivity index (χ2v) is 8.80. The summed E-state index contributed by atoms with van der Waals surface area (Å²) in [5.41, 5.74) is 9.14. The van der Waals surface area contributed by atoms with E-state index in [-0.39, 0.29) is 5.54 Å². The standard InChI is InChI=1S/C16H24N2O2S/c1-21(19,20)18-8-4-5-13(12-18)9-16(17)10-14-6-2-3-7-15(14)11-16/h2-3,6-7,13H,4-5,8-12,17H2,1H3. The van der Waals surface area contributed by atoms with Crippen molar-refractivity contribution in [2.24, 2.45) is 11.7 Å². The molecule has 0 bridgehead atoms. The van der Waals surface area contributed by atoms with E-state index in [1.165, 1.54) is 17.4 Å². The Morgan fingerprint density at radius 3 is 2.48 bits per heavy atom. The van der Waals surface area contributed by atoms with Crippen LogP contribution in [0.15, 0.2) is 24.3 Å². The molecule has 5 heteroatoms. The minimum absolute atomic E-state index is 0.200. The van der Waals surface area contributed by atoms with Gasteiger partial charge in [0.1, 0.15) is 0 Å². The van der Waals surface area contributed by atoms with Gasteiger partial charge in [0.15, 0.2) is 0 Å². The lowest BCUT2D eigenvalue weighted by Crippen LogP contribution is -2.47. The van der Waals surface area contributed by atoms with Crippen LogP contribution in [0.3, 0.4) is 0 Å². The number of nitrogens with zero attached hydrogens (tertiary/aromatic N) is 1. The first-order chi connectivity index (χ1) is 9.86. The fourth-order valence-electron chi connectivity index (χ4n) is 3.94. The Bertz CT molecular complexity index is 602. The molecule has 0 aromatic heterocycles. The second kappa shape index (κ2) is 5.38. The molecule has 1 atom stereocenters. The first-order valence-corrected chi connectivity index (χ1v) is 9.51. The molecule has 1 aliphatic carbocycles. The van der Waals surface area contributed by atoms with Crippen molar-refractivity contribution >= 4 is 10.0 Å². The normalized spacial score (nSPS) is 25.7. The highest BCUT2D eigenvalue weighted by atomic mass is 32.2. The molecule has 1 aromatic carbocycles. The Hall–Kier alpha value is -0.910. The van der Waals surface area contributed by atoms with Crippen LogP contribution >= 0.6 is 0 Å². The van der Waals surface area contributed by atoms with E-state index in [9.17, 15) is 8.42 Å². The van der Waals surface area contributed by atoms with E-state index >= 15 is 0 Å². The summed E-state index contributed by atoms with van der Waals surface area (Å²) in [6.07, 6.45) is 6.08. The van der Waals surface area contributed by atoms with Gasteiger partial charge in [-0.3, -0.25) is 0 Å². The largest absolute Gasteiger partial charge is 0.324 e. The summed E-state index contributed by atoms with van der Waals surface area (Å²) in [4.78, 5) is 0. The Morgan fingerprint density at radius 2 is 1.90 bits per heavy atom. The van der Waals surface area contributed by atoms with E-state index in [2.05, 4.69) is 24.3 Å². The van der Waals surface area contributed by atoms with Crippen LogP contribution in [0.5, 0.6) is 0 Å². The molecule has 2 N–H and O–H groups in total. The van der Waals surface area contributed by atoms with Crippen LogP contribution in [-0.4, -0.2) is 37.6 Å². The summed E-state index contributed by atoms with van der Waals surface area (Å²) >= 11 is 0. The molecule has 0 amide bonds. The maximum absolute atomic E-state index is 11.7. The summed E-state index contributed by atoms with van der Waals surface area (Å²) in [6, 6.07) is 8.45. The minimum Gasteiger partial charge on any atom is -0.324 e. The smallest absolute Gasteiger partial charge is 0.211 e. The molecule has 116 valence electrons. The first-order valence-electron chi connectivity index (χ1n) is 7.67. The predicted octanol–water partition coefficient (Wildman–Crippen LogP) is 1.54. The van der Waals surface area contributed by atoms with Gasteiger partial charge in [0.25, 0.3) is 0 Å². The highest BCUT2D eigenvalue weighted by Crippen LogP contribution is 2.35. The zero-order valence-electron chi connectivity index (χ0n) is 12.6. The lowest BCUT2D eigenvalue weighted by Gasteiger charge is -2.35. The molecular formula is C16H24N2O2S. The Kier molecular flexibility index (Phi) is 3.84. The fourth-order valence-corrected chi connectivity index (χ4v) is 4.88. The van der Waals surface area contributed by atoms with E-state index in [4.69, 9.17) is 5.73 Å². The average molecular weight is 308 g/mol. The molecule has 1 heterocycles. The molecule has 2 aliphatic rings. The summed E-state index contributed by atoms with van der Waals surface area (Å²) in [5, 5.41) is 0. The van der Waals surface area contributed by atoms with Gasteiger partial charge in [0.05, 0.1) is 6.26 Å². The predicted molar refractivity (Wildman–Crippen MR) is 84.5 cm³/mol. The molecule has 1 aliphatic heterocycles. The van der Waals surface area contributed by atoms with Gasteiger partial charge < -0.3 is 5.73 Å². The molecule has 0 spiro atoms. The van der Waals surface area contributed by atoms with Crippen molar-refractivity contribution in [3.63, 3.8) is 0 Å². The molecule has 21 heavy (non-hydrogen) atoms. The first kappa shape index (κ1) is 15.0. The topological polar surface area (TPSA) is 63.4 Å². The Labute approximate surface area is 127 Å². The van der Waals surface area contributed by atoms with Gasteiger partial charge in [-0.05, 0) is 49.1 Å². The van der Waals surface area contributed by atoms with Crippen molar-refractivity contribution in [2.75, 3.05) is 19.3 Å². The van der Waals surface area contributed by atoms with Crippen LogP contribution in [-0.2, 0) is 22.9 Å². The molecule has 1 saturated heterocycles. The molecule has 0 radical (unpaired) electrons. The number of hydrogen-bond acceptors (Lipinski definition) is 3. The van der Waals surface area contributed by atoms with E-state index in [1.54, 1.807) is 4.31 Å². The van der Waals surface area contributed by atoms with E-state index in [1.807, 2.05) is 0 Å². The molecular weight excluding hydrogens is 284 g/mol. The van der Waals surface area contributed by atoms with Crippen molar-refractivity contribution in [3.05, 3.63) is 35.4 Å². The molecule has 0 saturated carbocycles. The summed E-state index contributed by atoms with van der Waals surface area (Å²) < 4.78 is 25.1. The molecule has 1 fully saturated rings. The van der Waals surface area contributed by atoms with Crippen molar-refractivity contribution in [3.8, 4) is 0 Å².